The number of hydrogen-bond acceptors (Lipinski definition) is 8. The van der Waals surface area contributed by atoms with E-state index in [9.17, 15) is 4.79 Å². The molecule has 10 heteroatoms. The van der Waals surface area contributed by atoms with Crippen molar-refractivity contribution in [2.24, 2.45) is 0 Å². The Kier molecular flexibility index (Phi) is 8.90. The third kappa shape index (κ3) is 7.06. The molecule has 9 nitrogen and oxygen atoms in total. The number of benzene rings is 1. The summed E-state index contributed by atoms with van der Waals surface area (Å²) in [4.78, 5) is 21.9. The number of methoxy groups -OCH3 is 1. The fourth-order valence-corrected chi connectivity index (χ4v) is 3.81. The van der Waals surface area contributed by atoms with E-state index < -0.39 is 0 Å². The van der Waals surface area contributed by atoms with Gasteiger partial charge in [0.2, 0.25) is 0 Å². The van der Waals surface area contributed by atoms with Gasteiger partial charge in [-0.15, -0.1) is 0 Å². The summed E-state index contributed by atoms with van der Waals surface area (Å²) < 4.78 is 12.6. The maximum Gasteiger partial charge on any atom is 0.251 e. The van der Waals surface area contributed by atoms with Crippen molar-refractivity contribution < 1.29 is 14.3 Å². The lowest BCUT2D eigenvalue weighted by Crippen LogP contribution is -2.27. The van der Waals surface area contributed by atoms with Gasteiger partial charge in [-0.25, -0.2) is 14.6 Å². The zero-order valence-corrected chi connectivity index (χ0v) is 20.6. The highest BCUT2D eigenvalue weighted by Gasteiger charge is 2.14. The topological polar surface area (TPSA) is 103 Å². The summed E-state index contributed by atoms with van der Waals surface area (Å²) in [5.41, 5.74) is 1.32. The van der Waals surface area contributed by atoms with Gasteiger partial charge in [0.1, 0.15) is 11.6 Å². The van der Waals surface area contributed by atoms with Crippen LogP contribution in [0.1, 0.15) is 38.1 Å². The molecule has 1 amide bonds. The molecule has 0 spiro atoms. The summed E-state index contributed by atoms with van der Waals surface area (Å²) in [6.45, 7) is 10.3. The van der Waals surface area contributed by atoms with Crippen LogP contribution in [0.15, 0.2) is 35.6 Å². The van der Waals surface area contributed by atoms with E-state index in [1.54, 1.807) is 54.0 Å². The third-order valence-electron chi connectivity index (χ3n) is 4.51. The van der Waals surface area contributed by atoms with E-state index in [0.29, 0.717) is 42.2 Å². The second kappa shape index (κ2) is 11.9. The van der Waals surface area contributed by atoms with E-state index in [0.717, 1.165) is 22.6 Å². The van der Waals surface area contributed by atoms with Crippen LogP contribution >= 0.6 is 11.8 Å². The fraction of sp³-hybridized carbons (Fsp3) is 0.478. The number of rotatable bonds is 12. The Morgan fingerprint density at radius 2 is 1.88 bits per heavy atom. The van der Waals surface area contributed by atoms with Crippen molar-refractivity contribution in [1.29, 1.82) is 0 Å². The van der Waals surface area contributed by atoms with Crippen LogP contribution in [0, 0.1) is 0 Å². The summed E-state index contributed by atoms with van der Waals surface area (Å²) in [5.74, 6) is 1.34. The number of nitrogens with zero attached hydrogens (tertiary/aromatic N) is 4. The molecule has 2 N–H and O–H groups in total. The Labute approximate surface area is 198 Å². The Bertz CT molecular complexity index is 1050. The molecule has 0 saturated carbocycles. The van der Waals surface area contributed by atoms with Gasteiger partial charge in [0.15, 0.2) is 10.8 Å². The lowest BCUT2D eigenvalue weighted by atomic mass is 10.2. The predicted molar refractivity (Wildman–Crippen MR) is 131 cm³/mol. The highest BCUT2D eigenvalue weighted by atomic mass is 32.2. The van der Waals surface area contributed by atoms with Crippen molar-refractivity contribution in [1.82, 2.24) is 25.1 Å². The molecule has 178 valence electrons. The highest BCUT2D eigenvalue weighted by Crippen LogP contribution is 2.26. The van der Waals surface area contributed by atoms with Crippen LogP contribution in [0.4, 0.5) is 5.82 Å². The number of ether oxygens (including phenoxy) is 2. The van der Waals surface area contributed by atoms with Gasteiger partial charge in [0.25, 0.3) is 5.91 Å². The zero-order chi connectivity index (χ0) is 23.8. The predicted octanol–water partition coefficient (Wildman–Crippen LogP) is 3.60. The molecule has 0 aliphatic carbocycles. The van der Waals surface area contributed by atoms with Gasteiger partial charge in [-0.3, -0.25) is 4.79 Å². The average Bonchev–Trinajstić information content (AvgIpc) is 3.16. The zero-order valence-electron chi connectivity index (χ0n) is 19.8. The molecular formula is C23H32N6O3S. The molecule has 33 heavy (non-hydrogen) atoms. The summed E-state index contributed by atoms with van der Waals surface area (Å²) in [5, 5.41) is 12.6. The first-order valence-electron chi connectivity index (χ1n) is 11.0. The molecule has 0 unspecified atom stereocenters. The molecule has 3 rings (SSSR count). The quantitative estimate of drug-likeness (QED) is 0.234. The van der Waals surface area contributed by atoms with Crippen LogP contribution in [0.2, 0.25) is 0 Å². The molecule has 0 aliphatic rings. The monoisotopic (exact) mass is 472 g/mol. The van der Waals surface area contributed by atoms with Gasteiger partial charge in [0, 0.05) is 31.0 Å². The maximum absolute atomic E-state index is 12.5. The summed E-state index contributed by atoms with van der Waals surface area (Å²) in [7, 11) is 1.66. The van der Waals surface area contributed by atoms with Crippen molar-refractivity contribution in [3.63, 3.8) is 0 Å². The number of amides is 1. The number of anilines is 1. The maximum atomic E-state index is 12.5. The SMILES string of the molecule is COCCNc1nc(SC(C)C)nc2c1cnn2CCNC(=O)c1ccc(OC(C)C)cc1. The number of fused-ring (bicyclic) bond motifs is 1. The van der Waals surface area contributed by atoms with Crippen molar-refractivity contribution in [3.8, 4) is 5.75 Å². The minimum Gasteiger partial charge on any atom is -0.491 e. The number of thioether (sulfide) groups is 1. The largest absolute Gasteiger partial charge is 0.491 e. The van der Waals surface area contributed by atoms with Crippen LogP contribution in [-0.2, 0) is 11.3 Å². The fourth-order valence-electron chi connectivity index (χ4n) is 3.10. The van der Waals surface area contributed by atoms with Crippen molar-refractivity contribution >= 4 is 34.5 Å². The molecule has 0 saturated heterocycles. The minimum absolute atomic E-state index is 0.0903. The minimum atomic E-state index is -0.143. The van der Waals surface area contributed by atoms with Crippen LogP contribution in [-0.4, -0.2) is 63.8 Å². The highest BCUT2D eigenvalue weighted by molar-refractivity contribution is 7.99. The van der Waals surface area contributed by atoms with E-state index in [-0.39, 0.29) is 12.0 Å². The molecule has 1 aromatic carbocycles. The van der Waals surface area contributed by atoms with E-state index in [4.69, 9.17) is 14.5 Å². The average molecular weight is 473 g/mol. The summed E-state index contributed by atoms with van der Waals surface area (Å²) in [6, 6.07) is 7.13. The Morgan fingerprint density at radius 1 is 1.12 bits per heavy atom. The molecule has 0 aliphatic heterocycles. The van der Waals surface area contributed by atoms with Gasteiger partial charge >= 0.3 is 0 Å². The van der Waals surface area contributed by atoms with E-state index in [2.05, 4.69) is 34.6 Å². The number of carbonyl (C=O) groups excluding carboxylic acids is 1. The Hall–Kier alpha value is -2.85. The summed E-state index contributed by atoms with van der Waals surface area (Å²) in [6.07, 6.45) is 1.84. The van der Waals surface area contributed by atoms with Crippen LogP contribution in [0.5, 0.6) is 5.75 Å². The molecule has 3 aromatic rings. The molecule has 0 bridgehead atoms. The van der Waals surface area contributed by atoms with Crippen LogP contribution < -0.4 is 15.4 Å². The summed E-state index contributed by atoms with van der Waals surface area (Å²) >= 11 is 1.59. The van der Waals surface area contributed by atoms with Gasteiger partial charge in [-0.05, 0) is 38.1 Å². The van der Waals surface area contributed by atoms with Gasteiger partial charge in [0.05, 0.1) is 30.8 Å². The standard InChI is InChI=1S/C23H32N6O3S/c1-15(2)32-18-8-6-17(7-9-18)22(30)25-10-12-29-21-19(14-26-29)20(24-11-13-31-5)27-23(28-21)33-16(3)4/h6-9,14-16H,10-13H2,1-5H3,(H,25,30)(H,24,27,28). The molecule has 2 heterocycles. The van der Waals surface area contributed by atoms with Gasteiger partial charge in [-0.2, -0.15) is 5.10 Å². The van der Waals surface area contributed by atoms with E-state index in [1.165, 1.54) is 0 Å². The third-order valence-corrected chi connectivity index (χ3v) is 5.38. The molecule has 0 radical (unpaired) electrons. The first-order valence-corrected chi connectivity index (χ1v) is 11.9. The lowest BCUT2D eigenvalue weighted by Gasteiger charge is -2.11. The Balaban J connectivity index is 1.68. The van der Waals surface area contributed by atoms with Gasteiger partial charge in [-0.1, -0.05) is 25.6 Å². The number of aromatic nitrogens is 4. The van der Waals surface area contributed by atoms with Crippen molar-refractivity contribution in [3.05, 3.63) is 36.0 Å². The smallest absolute Gasteiger partial charge is 0.251 e. The van der Waals surface area contributed by atoms with Crippen molar-refractivity contribution in [2.75, 3.05) is 32.1 Å². The second-order valence-electron chi connectivity index (χ2n) is 7.99. The number of carbonyl (C=O) groups is 1. The normalized spacial score (nSPS) is 11.4. The lowest BCUT2D eigenvalue weighted by molar-refractivity contribution is 0.0952. The molecule has 0 atom stereocenters. The number of hydrogen-bond donors (Lipinski definition) is 2. The second-order valence-corrected chi connectivity index (χ2v) is 9.54. The molecule has 0 fully saturated rings. The Morgan fingerprint density at radius 3 is 2.55 bits per heavy atom. The number of nitrogens with one attached hydrogen (secondary N) is 2. The molecule has 2 aromatic heterocycles. The van der Waals surface area contributed by atoms with Crippen LogP contribution in [0.25, 0.3) is 11.0 Å². The first kappa shape index (κ1) is 24.8. The van der Waals surface area contributed by atoms with Gasteiger partial charge < -0.3 is 20.1 Å². The van der Waals surface area contributed by atoms with Crippen molar-refractivity contribution in [2.45, 2.75) is 50.8 Å². The first-order chi connectivity index (χ1) is 15.9. The molecular weight excluding hydrogens is 440 g/mol. The van der Waals surface area contributed by atoms with E-state index in [1.807, 2.05) is 13.8 Å². The van der Waals surface area contributed by atoms with E-state index >= 15 is 0 Å². The van der Waals surface area contributed by atoms with Crippen LogP contribution in [0.3, 0.4) is 0 Å².